The predicted molar refractivity (Wildman–Crippen MR) is 73.5 cm³/mol. The first-order valence-electron chi connectivity index (χ1n) is 6.09. The molecular weight excluding hydrogens is 262 g/mol. The van der Waals surface area contributed by atoms with Crippen LogP contribution in [0.25, 0.3) is 0 Å². The summed E-state index contributed by atoms with van der Waals surface area (Å²) in [7, 11) is 1.55. The quantitative estimate of drug-likeness (QED) is 0.901. The van der Waals surface area contributed by atoms with Gasteiger partial charge < -0.3 is 10.6 Å². The lowest BCUT2D eigenvalue weighted by atomic mass is 10.1. The Balaban J connectivity index is 2.09. The van der Waals surface area contributed by atoms with E-state index in [1.165, 1.54) is 12.1 Å². The fourth-order valence-corrected chi connectivity index (χ4v) is 1.83. The highest BCUT2D eigenvalue weighted by Crippen LogP contribution is 2.14. The molecular formula is C15H14F2N2O. The van der Waals surface area contributed by atoms with Gasteiger partial charge in [0.1, 0.15) is 11.6 Å². The van der Waals surface area contributed by atoms with Crippen molar-refractivity contribution in [3.63, 3.8) is 0 Å². The molecule has 0 aliphatic carbocycles. The predicted octanol–water partition coefficient (Wildman–Crippen LogP) is 2.94. The van der Waals surface area contributed by atoms with Crippen molar-refractivity contribution < 1.29 is 13.6 Å². The highest BCUT2D eigenvalue weighted by atomic mass is 19.1. The summed E-state index contributed by atoms with van der Waals surface area (Å²) < 4.78 is 26.1. The Bertz CT molecular complexity index is 609. The molecule has 0 unspecified atom stereocenters. The highest BCUT2D eigenvalue weighted by molar-refractivity contribution is 5.94. The van der Waals surface area contributed by atoms with Crippen LogP contribution in [0.1, 0.15) is 15.9 Å². The van der Waals surface area contributed by atoms with E-state index < -0.39 is 11.6 Å². The Morgan fingerprint density at radius 1 is 1.10 bits per heavy atom. The second-order valence-corrected chi connectivity index (χ2v) is 4.29. The molecule has 0 heterocycles. The van der Waals surface area contributed by atoms with Crippen molar-refractivity contribution in [1.29, 1.82) is 0 Å². The molecule has 3 nitrogen and oxygen atoms in total. The van der Waals surface area contributed by atoms with Gasteiger partial charge in [-0.15, -0.1) is 0 Å². The third-order valence-electron chi connectivity index (χ3n) is 2.77. The van der Waals surface area contributed by atoms with Gasteiger partial charge in [0.2, 0.25) is 0 Å². The fraction of sp³-hybridized carbons (Fsp3) is 0.133. The number of anilines is 1. The maximum absolute atomic E-state index is 13.0. The molecule has 2 aromatic rings. The number of hydrogen-bond acceptors (Lipinski definition) is 2. The van der Waals surface area contributed by atoms with E-state index in [0.717, 1.165) is 6.07 Å². The van der Waals surface area contributed by atoms with Crippen LogP contribution in [0.5, 0.6) is 0 Å². The summed E-state index contributed by atoms with van der Waals surface area (Å²) >= 11 is 0. The van der Waals surface area contributed by atoms with Gasteiger partial charge in [-0.3, -0.25) is 4.79 Å². The minimum Gasteiger partial charge on any atom is -0.381 e. The summed E-state index contributed by atoms with van der Waals surface area (Å²) in [4.78, 5) is 11.5. The van der Waals surface area contributed by atoms with Crippen molar-refractivity contribution in [2.75, 3.05) is 12.4 Å². The molecule has 20 heavy (non-hydrogen) atoms. The Labute approximate surface area is 115 Å². The van der Waals surface area contributed by atoms with Crippen molar-refractivity contribution in [1.82, 2.24) is 5.32 Å². The molecule has 0 aliphatic heterocycles. The standard InChI is InChI=1S/C15H14F2N2O/c1-18-15(20)11-3-2-4-14(7-11)19-9-10-5-12(16)8-13(17)6-10/h2-8,19H,9H2,1H3,(H,18,20). The number of carbonyl (C=O) groups is 1. The van der Waals surface area contributed by atoms with Gasteiger partial charge in [0, 0.05) is 30.9 Å². The van der Waals surface area contributed by atoms with E-state index in [9.17, 15) is 13.6 Å². The van der Waals surface area contributed by atoms with Crippen LogP contribution in [0.3, 0.4) is 0 Å². The topological polar surface area (TPSA) is 41.1 Å². The van der Waals surface area contributed by atoms with Crippen molar-refractivity contribution in [3.8, 4) is 0 Å². The van der Waals surface area contributed by atoms with Gasteiger partial charge in [0.05, 0.1) is 0 Å². The van der Waals surface area contributed by atoms with E-state index in [-0.39, 0.29) is 12.5 Å². The monoisotopic (exact) mass is 276 g/mol. The second-order valence-electron chi connectivity index (χ2n) is 4.29. The maximum atomic E-state index is 13.0. The number of halogens is 2. The van der Waals surface area contributed by atoms with Crippen LogP contribution < -0.4 is 10.6 Å². The first kappa shape index (κ1) is 14.0. The van der Waals surface area contributed by atoms with E-state index in [1.807, 2.05) is 0 Å². The van der Waals surface area contributed by atoms with Crippen molar-refractivity contribution in [2.45, 2.75) is 6.54 Å². The second kappa shape index (κ2) is 6.14. The molecule has 0 aromatic heterocycles. The summed E-state index contributed by atoms with van der Waals surface area (Å²) in [5, 5.41) is 5.55. The Kier molecular flexibility index (Phi) is 4.30. The van der Waals surface area contributed by atoms with E-state index in [0.29, 0.717) is 16.8 Å². The van der Waals surface area contributed by atoms with Crippen molar-refractivity contribution >= 4 is 11.6 Å². The molecule has 2 rings (SSSR count). The van der Waals surface area contributed by atoms with Crippen LogP contribution in [0.15, 0.2) is 42.5 Å². The average Bonchev–Trinajstić information content (AvgIpc) is 2.43. The Morgan fingerprint density at radius 3 is 2.45 bits per heavy atom. The Morgan fingerprint density at radius 2 is 1.80 bits per heavy atom. The summed E-state index contributed by atoms with van der Waals surface area (Å²) in [6, 6.07) is 10.2. The minimum atomic E-state index is -0.610. The van der Waals surface area contributed by atoms with E-state index in [1.54, 1.807) is 31.3 Å². The van der Waals surface area contributed by atoms with E-state index in [2.05, 4.69) is 10.6 Å². The van der Waals surface area contributed by atoms with Crippen LogP contribution in [0.2, 0.25) is 0 Å². The molecule has 0 bridgehead atoms. The molecule has 1 amide bonds. The van der Waals surface area contributed by atoms with Gasteiger partial charge in [0.25, 0.3) is 5.91 Å². The van der Waals surface area contributed by atoms with Gasteiger partial charge in [-0.1, -0.05) is 6.07 Å². The van der Waals surface area contributed by atoms with Gasteiger partial charge in [-0.05, 0) is 35.9 Å². The molecule has 2 aromatic carbocycles. The van der Waals surface area contributed by atoms with E-state index in [4.69, 9.17) is 0 Å². The molecule has 0 radical (unpaired) electrons. The lowest BCUT2D eigenvalue weighted by Crippen LogP contribution is -2.17. The molecule has 0 saturated heterocycles. The molecule has 2 N–H and O–H groups in total. The van der Waals surface area contributed by atoms with Crippen LogP contribution in [0.4, 0.5) is 14.5 Å². The molecule has 0 aliphatic rings. The number of hydrogen-bond donors (Lipinski definition) is 2. The molecule has 0 saturated carbocycles. The van der Waals surface area contributed by atoms with Gasteiger partial charge in [-0.2, -0.15) is 0 Å². The third kappa shape index (κ3) is 3.54. The third-order valence-corrected chi connectivity index (χ3v) is 2.77. The maximum Gasteiger partial charge on any atom is 0.251 e. The molecule has 0 atom stereocenters. The zero-order valence-electron chi connectivity index (χ0n) is 10.9. The van der Waals surface area contributed by atoms with Crippen LogP contribution >= 0.6 is 0 Å². The summed E-state index contributed by atoms with van der Waals surface area (Å²) in [5.74, 6) is -1.41. The smallest absolute Gasteiger partial charge is 0.251 e. The van der Waals surface area contributed by atoms with Gasteiger partial charge >= 0.3 is 0 Å². The highest BCUT2D eigenvalue weighted by Gasteiger charge is 2.04. The zero-order valence-corrected chi connectivity index (χ0v) is 10.9. The molecule has 5 heteroatoms. The number of benzene rings is 2. The lowest BCUT2D eigenvalue weighted by Gasteiger charge is -2.08. The number of nitrogens with one attached hydrogen (secondary N) is 2. The van der Waals surface area contributed by atoms with Crippen LogP contribution in [-0.4, -0.2) is 13.0 Å². The average molecular weight is 276 g/mol. The Hall–Kier alpha value is -2.43. The first-order chi connectivity index (χ1) is 9.58. The van der Waals surface area contributed by atoms with Gasteiger partial charge in [-0.25, -0.2) is 8.78 Å². The van der Waals surface area contributed by atoms with Gasteiger partial charge in [0.15, 0.2) is 0 Å². The zero-order chi connectivity index (χ0) is 14.5. The van der Waals surface area contributed by atoms with Crippen molar-refractivity contribution in [2.24, 2.45) is 0 Å². The molecule has 104 valence electrons. The first-order valence-corrected chi connectivity index (χ1v) is 6.09. The number of amides is 1. The van der Waals surface area contributed by atoms with Crippen LogP contribution in [-0.2, 0) is 6.54 Å². The summed E-state index contributed by atoms with van der Waals surface area (Å²) in [6.07, 6.45) is 0. The fourth-order valence-electron chi connectivity index (χ4n) is 1.83. The van der Waals surface area contributed by atoms with E-state index >= 15 is 0 Å². The number of rotatable bonds is 4. The normalized spacial score (nSPS) is 10.2. The lowest BCUT2D eigenvalue weighted by molar-refractivity contribution is 0.0963. The molecule has 0 spiro atoms. The van der Waals surface area contributed by atoms with Crippen molar-refractivity contribution in [3.05, 3.63) is 65.2 Å². The number of carbonyl (C=O) groups excluding carboxylic acids is 1. The minimum absolute atomic E-state index is 0.189. The SMILES string of the molecule is CNC(=O)c1cccc(NCc2cc(F)cc(F)c2)c1. The largest absolute Gasteiger partial charge is 0.381 e. The molecule has 0 fully saturated rings. The van der Waals surface area contributed by atoms with Crippen LogP contribution in [0, 0.1) is 11.6 Å². The summed E-state index contributed by atoms with van der Waals surface area (Å²) in [5.41, 5.74) is 1.71. The summed E-state index contributed by atoms with van der Waals surface area (Å²) in [6.45, 7) is 0.270.